The van der Waals surface area contributed by atoms with Crippen LogP contribution in [0.15, 0.2) is 23.5 Å². The molecule has 0 spiro atoms. The highest BCUT2D eigenvalue weighted by Crippen LogP contribution is 2.16. The number of oxime groups is 1. The number of piperazine rings is 1. The van der Waals surface area contributed by atoms with E-state index in [0.29, 0.717) is 37.6 Å². The molecule has 0 radical (unpaired) electrons. The summed E-state index contributed by atoms with van der Waals surface area (Å²) in [5.41, 5.74) is 6.11. The monoisotopic (exact) mass is 299 g/mol. The van der Waals surface area contributed by atoms with Crippen molar-refractivity contribution in [1.82, 2.24) is 9.29 Å². The van der Waals surface area contributed by atoms with E-state index in [-0.39, 0.29) is 5.84 Å². The lowest BCUT2D eigenvalue weighted by Gasteiger charge is -2.34. The van der Waals surface area contributed by atoms with E-state index in [0.717, 1.165) is 0 Å². The molecule has 0 aliphatic carbocycles. The molecule has 3 N–H and O–H groups in total. The summed E-state index contributed by atoms with van der Waals surface area (Å²) in [6.07, 6.45) is 2.78. The van der Waals surface area contributed by atoms with Crippen molar-refractivity contribution in [2.45, 2.75) is 0 Å². The summed E-state index contributed by atoms with van der Waals surface area (Å²) < 4.78 is 24.3. The highest BCUT2D eigenvalue weighted by molar-refractivity contribution is 7.88. The first-order valence-electron chi connectivity index (χ1n) is 6.06. The molecule has 1 aromatic heterocycles. The minimum atomic E-state index is -3.14. The molecule has 110 valence electrons. The predicted molar refractivity (Wildman–Crippen MR) is 75.4 cm³/mol. The standard InChI is InChI=1S/C11H17N5O3S/c1-20(18,19)16-6-4-15(5-7-16)10-8-9(2-3-13-10)11(12)14-17/h2-3,8,17H,4-7H2,1H3,(H2,12,14). The molecular weight excluding hydrogens is 282 g/mol. The highest BCUT2D eigenvalue weighted by atomic mass is 32.2. The van der Waals surface area contributed by atoms with Gasteiger partial charge in [0, 0.05) is 37.9 Å². The molecule has 1 aliphatic rings. The van der Waals surface area contributed by atoms with Crippen molar-refractivity contribution in [3.05, 3.63) is 23.9 Å². The van der Waals surface area contributed by atoms with Crippen molar-refractivity contribution < 1.29 is 13.6 Å². The Kier molecular flexibility index (Phi) is 4.09. The maximum Gasteiger partial charge on any atom is 0.211 e. The number of sulfonamides is 1. The Morgan fingerprint density at radius 2 is 2.05 bits per heavy atom. The number of aromatic nitrogens is 1. The highest BCUT2D eigenvalue weighted by Gasteiger charge is 2.24. The average molecular weight is 299 g/mol. The van der Waals surface area contributed by atoms with E-state index in [4.69, 9.17) is 10.9 Å². The molecule has 0 bridgehead atoms. The molecule has 2 rings (SSSR count). The molecule has 9 heteroatoms. The minimum Gasteiger partial charge on any atom is -0.409 e. The van der Waals surface area contributed by atoms with Gasteiger partial charge in [0.15, 0.2) is 5.84 Å². The third kappa shape index (κ3) is 3.17. The van der Waals surface area contributed by atoms with E-state index < -0.39 is 10.0 Å². The summed E-state index contributed by atoms with van der Waals surface area (Å²) in [5, 5.41) is 11.6. The van der Waals surface area contributed by atoms with Crippen LogP contribution in [0, 0.1) is 0 Å². The Labute approximate surface area is 117 Å². The van der Waals surface area contributed by atoms with Crippen molar-refractivity contribution in [3.8, 4) is 0 Å². The fourth-order valence-corrected chi connectivity index (χ4v) is 2.88. The van der Waals surface area contributed by atoms with E-state index in [1.54, 1.807) is 18.3 Å². The number of amidine groups is 1. The number of nitrogens with zero attached hydrogens (tertiary/aromatic N) is 4. The van der Waals surface area contributed by atoms with E-state index in [1.165, 1.54) is 10.6 Å². The Hall–Kier alpha value is -1.87. The van der Waals surface area contributed by atoms with Crippen LogP contribution in [-0.2, 0) is 10.0 Å². The smallest absolute Gasteiger partial charge is 0.211 e. The number of anilines is 1. The van der Waals surface area contributed by atoms with Crippen molar-refractivity contribution in [2.75, 3.05) is 37.3 Å². The van der Waals surface area contributed by atoms with Gasteiger partial charge in [-0.15, -0.1) is 0 Å². The molecule has 0 saturated carbocycles. The van der Waals surface area contributed by atoms with Crippen LogP contribution in [0.2, 0.25) is 0 Å². The quantitative estimate of drug-likeness (QED) is 0.329. The van der Waals surface area contributed by atoms with Gasteiger partial charge in [-0.25, -0.2) is 13.4 Å². The van der Waals surface area contributed by atoms with Crippen LogP contribution in [0.5, 0.6) is 0 Å². The van der Waals surface area contributed by atoms with Gasteiger partial charge in [0.25, 0.3) is 0 Å². The number of hydrogen-bond donors (Lipinski definition) is 2. The molecule has 1 aromatic rings. The summed E-state index contributed by atoms with van der Waals surface area (Å²) in [6.45, 7) is 1.96. The molecular formula is C11H17N5O3S. The maximum atomic E-state index is 11.4. The Morgan fingerprint density at radius 1 is 1.40 bits per heavy atom. The Morgan fingerprint density at radius 3 is 2.60 bits per heavy atom. The topological polar surface area (TPSA) is 112 Å². The van der Waals surface area contributed by atoms with Gasteiger partial charge in [-0.05, 0) is 12.1 Å². The normalized spacial score (nSPS) is 18.2. The zero-order chi connectivity index (χ0) is 14.8. The van der Waals surface area contributed by atoms with E-state index in [9.17, 15) is 8.42 Å². The number of rotatable bonds is 3. The fourth-order valence-electron chi connectivity index (χ4n) is 2.06. The van der Waals surface area contributed by atoms with Crippen molar-refractivity contribution >= 4 is 21.7 Å². The van der Waals surface area contributed by atoms with Gasteiger partial charge >= 0.3 is 0 Å². The summed E-state index contributed by atoms with van der Waals surface area (Å²) in [7, 11) is -3.14. The number of nitrogens with two attached hydrogens (primary N) is 1. The van der Waals surface area contributed by atoms with Gasteiger partial charge in [0.05, 0.1) is 6.26 Å². The summed E-state index contributed by atoms with van der Waals surface area (Å²) >= 11 is 0. The average Bonchev–Trinajstić information content (AvgIpc) is 2.46. The van der Waals surface area contributed by atoms with Gasteiger partial charge in [0.2, 0.25) is 10.0 Å². The Balaban J connectivity index is 2.11. The first kappa shape index (κ1) is 14.5. The van der Waals surface area contributed by atoms with Crippen LogP contribution in [0.3, 0.4) is 0 Å². The third-order valence-electron chi connectivity index (χ3n) is 3.18. The SMILES string of the molecule is CS(=O)(=O)N1CCN(c2cc(C(N)=NO)ccn2)CC1. The van der Waals surface area contributed by atoms with Crippen LogP contribution >= 0.6 is 0 Å². The van der Waals surface area contributed by atoms with Gasteiger partial charge in [0.1, 0.15) is 5.82 Å². The molecule has 0 atom stereocenters. The number of pyridine rings is 1. The molecule has 1 fully saturated rings. The lowest BCUT2D eigenvalue weighted by atomic mass is 10.2. The second-order valence-electron chi connectivity index (χ2n) is 4.54. The van der Waals surface area contributed by atoms with Crippen molar-refractivity contribution in [1.29, 1.82) is 0 Å². The second kappa shape index (κ2) is 5.63. The fraction of sp³-hybridized carbons (Fsp3) is 0.455. The van der Waals surface area contributed by atoms with Gasteiger partial charge < -0.3 is 15.8 Å². The zero-order valence-corrected chi connectivity index (χ0v) is 11.9. The van der Waals surface area contributed by atoms with Crippen LogP contribution in [0.25, 0.3) is 0 Å². The van der Waals surface area contributed by atoms with Crippen molar-refractivity contribution in [3.63, 3.8) is 0 Å². The van der Waals surface area contributed by atoms with Crippen LogP contribution < -0.4 is 10.6 Å². The minimum absolute atomic E-state index is 0.0171. The lowest BCUT2D eigenvalue weighted by Crippen LogP contribution is -2.48. The molecule has 0 aromatic carbocycles. The Bertz CT molecular complexity index is 608. The summed E-state index contributed by atoms with van der Waals surface area (Å²) in [6, 6.07) is 3.36. The van der Waals surface area contributed by atoms with E-state index in [2.05, 4.69) is 10.1 Å². The van der Waals surface area contributed by atoms with Crippen molar-refractivity contribution in [2.24, 2.45) is 10.9 Å². The molecule has 0 unspecified atom stereocenters. The first-order valence-corrected chi connectivity index (χ1v) is 7.90. The van der Waals surface area contributed by atoms with E-state index in [1.807, 2.05) is 4.90 Å². The zero-order valence-electron chi connectivity index (χ0n) is 11.1. The molecule has 2 heterocycles. The third-order valence-corrected chi connectivity index (χ3v) is 4.48. The molecule has 1 aliphatic heterocycles. The van der Waals surface area contributed by atoms with Crippen LogP contribution in [-0.4, -0.2) is 61.2 Å². The second-order valence-corrected chi connectivity index (χ2v) is 6.52. The predicted octanol–water partition coefficient (Wildman–Crippen LogP) is -0.742. The first-order chi connectivity index (χ1) is 9.41. The molecule has 20 heavy (non-hydrogen) atoms. The van der Waals surface area contributed by atoms with Gasteiger partial charge in [-0.1, -0.05) is 5.16 Å². The largest absolute Gasteiger partial charge is 0.409 e. The molecule has 8 nitrogen and oxygen atoms in total. The number of hydrogen-bond acceptors (Lipinski definition) is 6. The summed E-state index contributed by atoms with van der Waals surface area (Å²) in [5.74, 6) is 0.700. The maximum absolute atomic E-state index is 11.4. The molecule has 1 saturated heterocycles. The van der Waals surface area contributed by atoms with Crippen LogP contribution in [0.4, 0.5) is 5.82 Å². The van der Waals surface area contributed by atoms with Gasteiger partial charge in [-0.3, -0.25) is 0 Å². The lowest BCUT2D eigenvalue weighted by molar-refractivity contribution is 0.318. The molecule has 0 amide bonds. The van der Waals surface area contributed by atoms with Gasteiger partial charge in [-0.2, -0.15) is 4.31 Å². The summed E-state index contributed by atoms with van der Waals surface area (Å²) in [4.78, 5) is 6.20. The van der Waals surface area contributed by atoms with E-state index >= 15 is 0 Å². The van der Waals surface area contributed by atoms with Crippen LogP contribution in [0.1, 0.15) is 5.56 Å².